The third kappa shape index (κ3) is 4.52. The van der Waals surface area contributed by atoms with Crippen LogP contribution in [0, 0.1) is 0 Å². The van der Waals surface area contributed by atoms with Crippen molar-refractivity contribution in [3.63, 3.8) is 0 Å². The van der Waals surface area contributed by atoms with Crippen LogP contribution in [-0.4, -0.2) is 20.3 Å². The number of imidazole rings is 1. The van der Waals surface area contributed by atoms with Crippen molar-refractivity contribution in [3.8, 4) is 17.1 Å². The molecule has 0 aliphatic heterocycles. The maximum Gasteiger partial charge on any atom is 0.309 e. The number of fused-ring (bicyclic) bond motifs is 1. The predicted molar refractivity (Wildman–Crippen MR) is 126 cm³/mol. The minimum absolute atomic E-state index is 0.362. The van der Waals surface area contributed by atoms with Crippen LogP contribution in [0.25, 0.3) is 16.9 Å². The molecule has 0 aliphatic rings. The topological polar surface area (TPSA) is 69.6 Å². The summed E-state index contributed by atoms with van der Waals surface area (Å²) in [4.78, 5) is 21.7. The summed E-state index contributed by atoms with van der Waals surface area (Å²) in [6.45, 7) is 1.38. The lowest BCUT2D eigenvalue weighted by Crippen LogP contribution is -2.07. The lowest BCUT2D eigenvalue weighted by Gasteiger charge is -2.10. The molecule has 0 saturated heterocycles. The molecule has 2 aromatic carbocycles. The highest BCUT2D eigenvalue weighted by Crippen LogP contribution is 2.29. The molecule has 0 atom stereocenters. The third-order valence-corrected chi connectivity index (χ3v) is 5.43. The number of furan rings is 1. The molecule has 5 rings (SSSR count). The zero-order valence-electron chi connectivity index (χ0n) is 17.9. The molecule has 0 fully saturated rings. The number of nitrogens with zero attached hydrogens (tertiary/aromatic N) is 3. The monoisotopic (exact) mass is 457 g/mol. The van der Waals surface area contributed by atoms with E-state index in [1.54, 1.807) is 10.7 Å². The predicted octanol–water partition coefficient (Wildman–Crippen LogP) is 5.75. The van der Waals surface area contributed by atoms with Crippen LogP contribution in [0.5, 0.6) is 5.88 Å². The molecule has 6 nitrogen and oxygen atoms in total. The molecule has 3 heterocycles. The van der Waals surface area contributed by atoms with Crippen molar-refractivity contribution < 1.29 is 13.9 Å². The Morgan fingerprint density at radius 2 is 1.85 bits per heavy atom. The minimum atomic E-state index is -0.424. The van der Waals surface area contributed by atoms with Gasteiger partial charge in [0.2, 0.25) is 5.88 Å². The van der Waals surface area contributed by atoms with Crippen molar-refractivity contribution in [2.24, 2.45) is 0 Å². The zero-order chi connectivity index (χ0) is 22.8. The fourth-order valence-electron chi connectivity index (χ4n) is 3.78. The van der Waals surface area contributed by atoms with Gasteiger partial charge in [0, 0.05) is 30.1 Å². The SMILES string of the molecule is CC(=O)Oc1c(Cc2ccco2)nc2c(Cc3cccc(Cl)c3)nc(-c3ccccc3)cn12. The van der Waals surface area contributed by atoms with Crippen LogP contribution in [-0.2, 0) is 17.6 Å². The van der Waals surface area contributed by atoms with Crippen molar-refractivity contribution >= 4 is 23.2 Å². The molecule has 0 spiro atoms. The van der Waals surface area contributed by atoms with Crippen LogP contribution >= 0.6 is 11.6 Å². The van der Waals surface area contributed by atoms with Crippen molar-refractivity contribution in [1.29, 1.82) is 0 Å². The summed E-state index contributed by atoms with van der Waals surface area (Å²) in [5.74, 6) is 0.659. The molecule has 0 radical (unpaired) electrons. The van der Waals surface area contributed by atoms with Gasteiger partial charge in [0.15, 0.2) is 5.65 Å². The van der Waals surface area contributed by atoms with Gasteiger partial charge in [-0.25, -0.2) is 9.97 Å². The van der Waals surface area contributed by atoms with E-state index in [1.165, 1.54) is 6.92 Å². The summed E-state index contributed by atoms with van der Waals surface area (Å²) in [5.41, 5.74) is 4.66. The van der Waals surface area contributed by atoms with Crippen LogP contribution in [0.2, 0.25) is 5.02 Å². The normalized spacial score (nSPS) is 11.1. The number of esters is 1. The lowest BCUT2D eigenvalue weighted by molar-refractivity contribution is -0.132. The third-order valence-electron chi connectivity index (χ3n) is 5.19. The quantitative estimate of drug-likeness (QED) is 0.304. The van der Waals surface area contributed by atoms with Gasteiger partial charge in [0.25, 0.3) is 0 Å². The van der Waals surface area contributed by atoms with Crippen molar-refractivity contribution in [2.75, 3.05) is 0 Å². The van der Waals surface area contributed by atoms with E-state index in [9.17, 15) is 4.79 Å². The van der Waals surface area contributed by atoms with E-state index < -0.39 is 5.97 Å². The molecular formula is C26H20ClN3O3. The lowest BCUT2D eigenvalue weighted by atomic mass is 10.1. The van der Waals surface area contributed by atoms with E-state index in [0.29, 0.717) is 35.1 Å². The Bertz CT molecular complexity index is 1430. The second kappa shape index (κ2) is 8.92. The van der Waals surface area contributed by atoms with Gasteiger partial charge in [0.1, 0.15) is 11.5 Å². The zero-order valence-corrected chi connectivity index (χ0v) is 18.6. The molecule has 7 heteroatoms. The Kier molecular flexibility index (Phi) is 5.67. The van der Waals surface area contributed by atoms with Gasteiger partial charge < -0.3 is 9.15 Å². The first-order valence-corrected chi connectivity index (χ1v) is 10.9. The summed E-state index contributed by atoms with van der Waals surface area (Å²) in [6.07, 6.45) is 4.36. The summed E-state index contributed by atoms with van der Waals surface area (Å²) < 4.78 is 12.9. The van der Waals surface area contributed by atoms with Crippen LogP contribution in [0.4, 0.5) is 0 Å². The smallest absolute Gasteiger partial charge is 0.309 e. The highest BCUT2D eigenvalue weighted by Gasteiger charge is 2.21. The van der Waals surface area contributed by atoms with Crippen molar-refractivity contribution in [2.45, 2.75) is 19.8 Å². The molecular weight excluding hydrogens is 438 g/mol. The van der Waals surface area contributed by atoms with Crippen molar-refractivity contribution in [3.05, 3.63) is 107 Å². The van der Waals surface area contributed by atoms with Crippen molar-refractivity contribution in [1.82, 2.24) is 14.4 Å². The van der Waals surface area contributed by atoms with E-state index in [-0.39, 0.29) is 0 Å². The van der Waals surface area contributed by atoms with Crippen LogP contribution in [0.15, 0.2) is 83.6 Å². The Labute approximate surface area is 195 Å². The first-order valence-electron chi connectivity index (χ1n) is 10.5. The molecule has 3 aromatic heterocycles. The maximum atomic E-state index is 12.0. The Morgan fingerprint density at radius 3 is 2.58 bits per heavy atom. The summed E-state index contributed by atoms with van der Waals surface area (Å²) in [5, 5.41) is 0.658. The second-order valence-corrected chi connectivity index (χ2v) is 8.09. The fraction of sp³-hybridized carbons (Fsp3) is 0.115. The number of benzene rings is 2. The van der Waals surface area contributed by atoms with Gasteiger partial charge in [-0.1, -0.05) is 54.1 Å². The highest BCUT2D eigenvalue weighted by atomic mass is 35.5. The van der Waals surface area contributed by atoms with Crippen LogP contribution < -0.4 is 4.74 Å². The summed E-state index contributed by atoms with van der Waals surface area (Å²) in [6, 6.07) is 21.2. The highest BCUT2D eigenvalue weighted by molar-refractivity contribution is 6.30. The number of carbonyl (C=O) groups is 1. The van der Waals surface area contributed by atoms with Gasteiger partial charge in [-0.3, -0.25) is 9.20 Å². The van der Waals surface area contributed by atoms with E-state index >= 15 is 0 Å². The average molecular weight is 458 g/mol. The number of ether oxygens (including phenoxy) is 1. The number of aromatic nitrogens is 3. The van der Waals surface area contributed by atoms with Gasteiger partial charge in [0.05, 0.1) is 24.1 Å². The number of rotatable bonds is 6. The van der Waals surface area contributed by atoms with E-state index in [1.807, 2.05) is 72.9 Å². The van der Waals surface area contributed by atoms with Gasteiger partial charge >= 0.3 is 5.97 Å². The number of halogens is 1. The molecule has 0 amide bonds. The van der Waals surface area contributed by atoms with E-state index in [4.69, 9.17) is 30.7 Å². The molecule has 0 unspecified atom stereocenters. The molecule has 164 valence electrons. The first-order chi connectivity index (χ1) is 16.1. The Morgan fingerprint density at radius 1 is 1.00 bits per heavy atom. The average Bonchev–Trinajstić information content (AvgIpc) is 3.43. The Balaban J connectivity index is 1.72. The molecule has 33 heavy (non-hydrogen) atoms. The van der Waals surface area contributed by atoms with E-state index in [0.717, 1.165) is 28.3 Å². The molecule has 0 N–H and O–H groups in total. The van der Waals surface area contributed by atoms with E-state index in [2.05, 4.69) is 0 Å². The summed E-state index contributed by atoms with van der Waals surface area (Å²) in [7, 11) is 0. The van der Waals surface area contributed by atoms with Gasteiger partial charge in [-0.2, -0.15) is 0 Å². The summed E-state index contributed by atoms with van der Waals surface area (Å²) >= 11 is 6.21. The number of hydrogen-bond acceptors (Lipinski definition) is 5. The fourth-order valence-corrected chi connectivity index (χ4v) is 3.99. The standard InChI is InChI=1S/C26H20ClN3O3/c1-17(31)33-26-23(15-21-11-6-12-32-21)29-25-22(14-18-7-5-10-20(27)13-18)28-24(16-30(25)26)19-8-3-2-4-9-19/h2-13,16H,14-15H2,1H3. The molecule has 0 bridgehead atoms. The first kappa shape index (κ1) is 21.0. The van der Waals surface area contributed by atoms with Crippen LogP contribution in [0.3, 0.4) is 0 Å². The molecule has 5 aromatic rings. The maximum absolute atomic E-state index is 12.0. The molecule has 0 saturated carbocycles. The van der Waals surface area contributed by atoms with Crippen LogP contribution in [0.1, 0.15) is 29.6 Å². The second-order valence-electron chi connectivity index (χ2n) is 7.65. The van der Waals surface area contributed by atoms with Gasteiger partial charge in [-0.05, 0) is 29.8 Å². The van der Waals surface area contributed by atoms with Gasteiger partial charge in [-0.15, -0.1) is 0 Å². The minimum Gasteiger partial charge on any atom is -0.469 e. The Hall–Kier alpha value is -3.90. The number of hydrogen-bond donors (Lipinski definition) is 0. The number of carbonyl (C=O) groups excluding carboxylic acids is 1. The molecule has 0 aliphatic carbocycles. The largest absolute Gasteiger partial charge is 0.469 e.